The lowest BCUT2D eigenvalue weighted by Crippen LogP contribution is -2.37. The van der Waals surface area contributed by atoms with Crippen LogP contribution in [0, 0.1) is 5.82 Å². The average molecular weight is 290 g/mol. The van der Waals surface area contributed by atoms with E-state index in [9.17, 15) is 18.0 Å². The Bertz CT molecular complexity index is 455. The molecule has 0 saturated carbocycles. The van der Waals surface area contributed by atoms with Gasteiger partial charge in [-0.1, -0.05) is 6.07 Å². The summed E-state index contributed by atoms with van der Waals surface area (Å²) in [6.07, 6.45) is -2.72. The van der Waals surface area contributed by atoms with Crippen LogP contribution in [0.5, 0.6) is 0 Å². The van der Waals surface area contributed by atoms with Crippen molar-refractivity contribution in [2.45, 2.75) is 13.3 Å². The largest absolute Gasteiger partial charge is 0.395 e. The molecule has 1 aromatic carbocycles. The van der Waals surface area contributed by atoms with E-state index in [1.165, 1.54) is 18.2 Å². The normalized spacial score (nSPS) is 10.7. The standard InChI is InChI=1S/C13H17F3N2O2/c1-2-17-12-9(4-3-5-10(12)14)13(20)18(6-7-19)8-11(15)16/h3-5,11,17,19H,2,6-8H2,1H3. The van der Waals surface area contributed by atoms with Gasteiger partial charge in [-0.25, -0.2) is 13.2 Å². The highest BCUT2D eigenvalue weighted by Crippen LogP contribution is 2.21. The first-order valence-electron chi connectivity index (χ1n) is 6.21. The fraction of sp³-hybridized carbons (Fsp3) is 0.462. The second kappa shape index (κ2) is 7.74. The molecule has 0 atom stereocenters. The number of para-hydroxylation sites is 1. The van der Waals surface area contributed by atoms with Crippen LogP contribution in [-0.4, -0.2) is 48.6 Å². The monoisotopic (exact) mass is 290 g/mol. The quantitative estimate of drug-likeness (QED) is 0.807. The molecule has 0 fully saturated rings. The number of carbonyl (C=O) groups is 1. The number of aliphatic hydroxyl groups is 1. The third-order valence-electron chi connectivity index (χ3n) is 2.61. The lowest BCUT2D eigenvalue weighted by atomic mass is 10.1. The summed E-state index contributed by atoms with van der Waals surface area (Å²) < 4.78 is 38.6. The number of benzene rings is 1. The molecule has 0 unspecified atom stereocenters. The maximum atomic E-state index is 13.7. The summed E-state index contributed by atoms with van der Waals surface area (Å²) >= 11 is 0. The lowest BCUT2D eigenvalue weighted by molar-refractivity contribution is 0.0509. The second-order valence-electron chi connectivity index (χ2n) is 4.06. The predicted octanol–water partition coefficient (Wildman–Crippen LogP) is 1.96. The Kier molecular flexibility index (Phi) is 6.30. The third kappa shape index (κ3) is 4.12. The molecule has 112 valence electrons. The molecule has 7 heteroatoms. The molecule has 0 aromatic heterocycles. The molecule has 0 aliphatic rings. The maximum absolute atomic E-state index is 13.7. The lowest BCUT2D eigenvalue weighted by Gasteiger charge is -2.23. The average Bonchev–Trinajstić information content (AvgIpc) is 2.39. The van der Waals surface area contributed by atoms with E-state index >= 15 is 0 Å². The highest BCUT2D eigenvalue weighted by atomic mass is 19.3. The van der Waals surface area contributed by atoms with Crippen molar-refractivity contribution >= 4 is 11.6 Å². The van der Waals surface area contributed by atoms with E-state index in [4.69, 9.17) is 5.11 Å². The van der Waals surface area contributed by atoms with Gasteiger partial charge in [-0.2, -0.15) is 0 Å². The highest BCUT2D eigenvalue weighted by Gasteiger charge is 2.22. The minimum absolute atomic E-state index is 0.0165. The molecule has 2 N–H and O–H groups in total. The Balaban J connectivity index is 3.07. The van der Waals surface area contributed by atoms with E-state index in [2.05, 4.69) is 5.32 Å². The summed E-state index contributed by atoms with van der Waals surface area (Å²) in [4.78, 5) is 13.0. The van der Waals surface area contributed by atoms with E-state index in [1.54, 1.807) is 6.92 Å². The number of halogens is 3. The first-order chi connectivity index (χ1) is 9.51. The number of rotatable bonds is 7. The first-order valence-corrected chi connectivity index (χ1v) is 6.21. The van der Waals surface area contributed by atoms with E-state index in [1.807, 2.05) is 0 Å². The number of anilines is 1. The molecule has 1 amide bonds. The topological polar surface area (TPSA) is 52.6 Å². The van der Waals surface area contributed by atoms with Gasteiger partial charge in [0, 0.05) is 13.1 Å². The summed E-state index contributed by atoms with van der Waals surface area (Å²) in [5.74, 6) is -1.37. The van der Waals surface area contributed by atoms with Crippen molar-refractivity contribution in [2.75, 3.05) is 31.6 Å². The smallest absolute Gasteiger partial charge is 0.256 e. The number of carbonyl (C=O) groups excluding carboxylic acids is 1. The highest BCUT2D eigenvalue weighted by molar-refractivity contribution is 5.99. The molecule has 0 aliphatic carbocycles. The molecule has 0 saturated heterocycles. The van der Waals surface area contributed by atoms with Crippen molar-refractivity contribution in [3.8, 4) is 0 Å². The molecule has 0 bridgehead atoms. The van der Waals surface area contributed by atoms with Crippen molar-refractivity contribution in [1.29, 1.82) is 0 Å². The molecule has 0 aliphatic heterocycles. The van der Waals surface area contributed by atoms with Crippen LogP contribution in [-0.2, 0) is 0 Å². The number of alkyl halides is 2. The van der Waals surface area contributed by atoms with E-state index in [-0.39, 0.29) is 17.8 Å². The summed E-state index contributed by atoms with van der Waals surface area (Å²) in [7, 11) is 0. The van der Waals surface area contributed by atoms with Crippen molar-refractivity contribution in [3.05, 3.63) is 29.6 Å². The number of amides is 1. The maximum Gasteiger partial charge on any atom is 0.256 e. The number of hydrogen-bond donors (Lipinski definition) is 2. The van der Waals surface area contributed by atoms with Gasteiger partial charge in [-0.05, 0) is 19.1 Å². The van der Waals surface area contributed by atoms with Gasteiger partial charge in [0.1, 0.15) is 5.82 Å². The van der Waals surface area contributed by atoms with Crippen molar-refractivity contribution in [1.82, 2.24) is 4.90 Å². The van der Waals surface area contributed by atoms with Gasteiger partial charge in [-0.3, -0.25) is 4.79 Å². The van der Waals surface area contributed by atoms with Crippen LogP contribution in [0.4, 0.5) is 18.9 Å². The second-order valence-corrected chi connectivity index (χ2v) is 4.06. The van der Waals surface area contributed by atoms with Gasteiger partial charge in [0.2, 0.25) is 0 Å². The van der Waals surface area contributed by atoms with Crippen LogP contribution in [0.25, 0.3) is 0 Å². The molecule has 0 spiro atoms. The summed E-state index contributed by atoms with van der Waals surface area (Å²) in [5.41, 5.74) is -0.0434. The Hall–Kier alpha value is -1.76. The third-order valence-corrected chi connectivity index (χ3v) is 2.61. The zero-order valence-corrected chi connectivity index (χ0v) is 11.1. The molecule has 0 radical (unpaired) electrons. The predicted molar refractivity (Wildman–Crippen MR) is 69.6 cm³/mol. The Morgan fingerprint density at radius 3 is 2.70 bits per heavy atom. The summed E-state index contributed by atoms with van der Waals surface area (Å²) in [6, 6.07) is 3.88. The Labute approximate surface area is 115 Å². The molecule has 20 heavy (non-hydrogen) atoms. The fourth-order valence-electron chi connectivity index (χ4n) is 1.79. The zero-order chi connectivity index (χ0) is 15.1. The van der Waals surface area contributed by atoms with E-state index in [0.717, 1.165) is 4.90 Å². The number of nitrogens with one attached hydrogen (secondary N) is 1. The first kappa shape index (κ1) is 16.3. The number of aliphatic hydroxyl groups excluding tert-OH is 1. The van der Waals surface area contributed by atoms with E-state index in [0.29, 0.717) is 6.54 Å². The minimum atomic E-state index is -2.72. The van der Waals surface area contributed by atoms with Crippen molar-refractivity contribution < 1.29 is 23.1 Å². The summed E-state index contributed by atoms with van der Waals surface area (Å²) in [5, 5.41) is 11.5. The van der Waals surface area contributed by atoms with Gasteiger partial charge in [0.05, 0.1) is 24.4 Å². The van der Waals surface area contributed by atoms with Crippen LogP contribution in [0.3, 0.4) is 0 Å². The molecular weight excluding hydrogens is 273 g/mol. The van der Waals surface area contributed by atoms with Crippen LogP contribution in [0.15, 0.2) is 18.2 Å². The fourth-order valence-corrected chi connectivity index (χ4v) is 1.79. The van der Waals surface area contributed by atoms with Gasteiger partial charge < -0.3 is 15.3 Å². The van der Waals surface area contributed by atoms with Crippen LogP contribution in [0.2, 0.25) is 0 Å². The molecular formula is C13H17F3N2O2. The van der Waals surface area contributed by atoms with Crippen LogP contribution >= 0.6 is 0 Å². The van der Waals surface area contributed by atoms with Crippen LogP contribution in [0.1, 0.15) is 17.3 Å². The van der Waals surface area contributed by atoms with Crippen molar-refractivity contribution in [2.24, 2.45) is 0 Å². The van der Waals surface area contributed by atoms with E-state index < -0.39 is 31.3 Å². The van der Waals surface area contributed by atoms with Gasteiger partial charge in [0.25, 0.3) is 12.3 Å². The molecule has 4 nitrogen and oxygen atoms in total. The molecule has 1 rings (SSSR count). The van der Waals surface area contributed by atoms with Crippen LogP contribution < -0.4 is 5.32 Å². The molecule has 0 heterocycles. The van der Waals surface area contributed by atoms with Crippen molar-refractivity contribution in [3.63, 3.8) is 0 Å². The minimum Gasteiger partial charge on any atom is -0.395 e. The Morgan fingerprint density at radius 2 is 2.15 bits per heavy atom. The number of hydrogen-bond acceptors (Lipinski definition) is 3. The number of nitrogens with zero attached hydrogens (tertiary/aromatic N) is 1. The van der Waals surface area contributed by atoms with Gasteiger partial charge in [0.15, 0.2) is 0 Å². The van der Waals surface area contributed by atoms with Gasteiger partial charge in [-0.15, -0.1) is 0 Å². The van der Waals surface area contributed by atoms with Gasteiger partial charge >= 0.3 is 0 Å². The Morgan fingerprint density at radius 1 is 1.45 bits per heavy atom. The SMILES string of the molecule is CCNc1c(F)cccc1C(=O)N(CCO)CC(F)F. The molecule has 1 aromatic rings. The zero-order valence-electron chi connectivity index (χ0n) is 11.1. The summed E-state index contributed by atoms with van der Waals surface area (Å²) in [6.45, 7) is 0.637.